The minimum atomic E-state index is -4.06. The molecule has 10 heteroatoms. The summed E-state index contributed by atoms with van der Waals surface area (Å²) in [5.41, 5.74) is 2.24. The van der Waals surface area contributed by atoms with Crippen LogP contribution in [0.5, 0.6) is 0 Å². The maximum absolute atomic E-state index is 13.3. The van der Waals surface area contributed by atoms with E-state index in [4.69, 9.17) is 0 Å². The van der Waals surface area contributed by atoms with Crippen LogP contribution in [0, 0.1) is 18.6 Å². The Morgan fingerprint density at radius 3 is 2.47 bits per heavy atom. The highest BCUT2D eigenvalue weighted by atomic mass is 32.2. The molecule has 176 valence electrons. The fraction of sp³-hybridized carbons (Fsp3) is 0.167. The first-order valence-corrected chi connectivity index (χ1v) is 12.9. The number of nitrogens with zero attached hydrogens (tertiary/aromatic N) is 1. The van der Waals surface area contributed by atoms with E-state index in [9.17, 15) is 26.8 Å². The number of thioether (sulfide) groups is 1. The Hall–Kier alpha value is -3.24. The van der Waals surface area contributed by atoms with Crippen molar-refractivity contribution in [1.29, 1.82) is 0 Å². The van der Waals surface area contributed by atoms with Crippen LogP contribution in [0.4, 0.5) is 14.5 Å². The predicted octanol–water partition coefficient (Wildman–Crippen LogP) is 4.31. The van der Waals surface area contributed by atoms with Gasteiger partial charge in [-0.3, -0.25) is 14.5 Å². The minimum absolute atomic E-state index is 0.0988. The molecule has 2 amide bonds. The Labute approximate surface area is 200 Å². The van der Waals surface area contributed by atoms with Crippen molar-refractivity contribution in [3.8, 4) is 0 Å². The van der Waals surface area contributed by atoms with Crippen LogP contribution < -0.4 is 9.62 Å². The molecule has 4 rings (SSSR count). The molecule has 1 N–H and O–H groups in total. The molecule has 1 fully saturated rings. The molecule has 3 aromatic carbocycles. The zero-order valence-corrected chi connectivity index (χ0v) is 19.6. The number of sulfonamides is 1. The van der Waals surface area contributed by atoms with E-state index in [1.807, 2.05) is 4.72 Å². The highest BCUT2D eigenvalue weighted by Gasteiger charge is 2.35. The fourth-order valence-corrected chi connectivity index (χ4v) is 5.97. The Morgan fingerprint density at radius 1 is 1.06 bits per heavy atom. The standard InChI is InChI=1S/C24H20F2N2O4S2/c1-15-11-18(23(30)27-34(31,32)14-16-3-2-4-20(26)12-16)7-10-21(15)28-22(29)13-33-24(28)17-5-8-19(25)9-6-17/h2-12,24H,13-14H2,1H3,(H,27,30). The number of nitrogens with one attached hydrogen (secondary N) is 1. The number of rotatable bonds is 6. The van der Waals surface area contributed by atoms with Crippen LogP contribution in [0.15, 0.2) is 66.7 Å². The monoisotopic (exact) mass is 502 g/mol. The van der Waals surface area contributed by atoms with Gasteiger partial charge in [0.15, 0.2) is 0 Å². The maximum atomic E-state index is 13.3. The van der Waals surface area contributed by atoms with Crippen LogP contribution in [0.2, 0.25) is 0 Å². The van der Waals surface area contributed by atoms with Gasteiger partial charge in [0.25, 0.3) is 5.91 Å². The van der Waals surface area contributed by atoms with Crippen molar-refractivity contribution in [3.05, 3.63) is 101 Å². The van der Waals surface area contributed by atoms with E-state index < -0.39 is 27.5 Å². The first kappa shape index (κ1) is 23.9. The summed E-state index contributed by atoms with van der Waals surface area (Å²) in [6, 6.07) is 15.6. The zero-order chi connectivity index (χ0) is 24.5. The molecule has 1 saturated heterocycles. The van der Waals surface area contributed by atoms with E-state index in [0.717, 1.165) is 11.6 Å². The molecule has 1 aliphatic rings. The van der Waals surface area contributed by atoms with Gasteiger partial charge in [-0.1, -0.05) is 24.3 Å². The second kappa shape index (κ2) is 9.55. The van der Waals surface area contributed by atoms with Crippen molar-refractivity contribution in [2.75, 3.05) is 10.7 Å². The summed E-state index contributed by atoms with van der Waals surface area (Å²) in [4.78, 5) is 26.8. The van der Waals surface area contributed by atoms with Gasteiger partial charge in [0.1, 0.15) is 17.0 Å². The molecule has 1 aliphatic heterocycles. The van der Waals surface area contributed by atoms with E-state index in [1.165, 1.54) is 54.2 Å². The minimum Gasteiger partial charge on any atom is -0.295 e. The van der Waals surface area contributed by atoms with Crippen LogP contribution in [0.25, 0.3) is 0 Å². The number of hydrogen-bond acceptors (Lipinski definition) is 5. The Morgan fingerprint density at radius 2 is 1.79 bits per heavy atom. The third-order valence-corrected chi connectivity index (χ3v) is 7.66. The van der Waals surface area contributed by atoms with E-state index in [1.54, 1.807) is 30.0 Å². The molecule has 0 saturated carbocycles. The lowest BCUT2D eigenvalue weighted by Gasteiger charge is -2.26. The van der Waals surface area contributed by atoms with Crippen molar-refractivity contribution < 1.29 is 26.8 Å². The summed E-state index contributed by atoms with van der Waals surface area (Å²) < 4.78 is 53.4. The molecule has 0 aliphatic carbocycles. The van der Waals surface area contributed by atoms with Crippen LogP contribution in [0.3, 0.4) is 0 Å². The number of amides is 2. The Bertz CT molecular complexity index is 1360. The molecule has 0 radical (unpaired) electrons. The third kappa shape index (κ3) is 5.28. The normalized spacial score (nSPS) is 16.0. The molecular formula is C24H20F2N2O4S2. The SMILES string of the molecule is Cc1cc(C(=O)NS(=O)(=O)Cc2cccc(F)c2)ccc1N1C(=O)CSC1c1ccc(F)cc1. The molecule has 1 atom stereocenters. The van der Waals surface area contributed by atoms with Gasteiger partial charge in [-0.2, -0.15) is 0 Å². The molecule has 34 heavy (non-hydrogen) atoms. The van der Waals surface area contributed by atoms with Crippen molar-refractivity contribution >= 4 is 39.3 Å². The first-order valence-electron chi connectivity index (χ1n) is 10.2. The maximum Gasteiger partial charge on any atom is 0.264 e. The Balaban J connectivity index is 1.53. The summed E-state index contributed by atoms with van der Waals surface area (Å²) in [7, 11) is -4.06. The third-order valence-electron chi connectivity index (χ3n) is 5.24. The number of aryl methyl sites for hydroxylation is 1. The summed E-state index contributed by atoms with van der Waals surface area (Å²) in [5.74, 6) is -2.20. The summed E-state index contributed by atoms with van der Waals surface area (Å²) >= 11 is 1.41. The molecule has 6 nitrogen and oxygen atoms in total. The topological polar surface area (TPSA) is 83.6 Å². The predicted molar refractivity (Wildman–Crippen MR) is 127 cm³/mol. The van der Waals surface area contributed by atoms with Crippen LogP contribution in [-0.4, -0.2) is 26.0 Å². The van der Waals surface area contributed by atoms with Gasteiger partial charge in [-0.25, -0.2) is 21.9 Å². The zero-order valence-electron chi connectivity index (χ0n) is 18.0. The number of hydrogen-bond donors (Lipinski definition) is 1. The van der Waals surface area contributed by atoms with Crippen LogP contribution in [-0.2, 0) is 20.6 Å². The van der Waals surface area contributed by atoms with Crippen molar-refractivity contribution in [1.82, 2.24) is 4.72 Å². The molecule has 0 aromatic heterocycles. The summed E-state index contributed by atoms with van der Waals surface area (Å²) in [6.45, 7) is 1.71. The molecule has 1 unspecified atom stereocenters. The van der Waals surface area contributed by atoms with Gasteiger partial charge < -0.3 is 0 Å². The average molecular weight is 503 g/mol. The highest BCUT2D eigenvalue weighted by molar-refractivity contribution is 8.00. The van der Waals surface area contributed by atoms with Crippen molar-refractivity contribution in [2.45, 2.75) is 18.1 Å². The molecule has 1 heterocycles. The van der Waals surface area contributed by atoms with Crippen LogP contribution >= 0.6 is 11.8 Å². The lowest BCUT2D eigenvalue weighted by Crippen LogP contribution is -2.32. The lowest BCUT2D eigenvalue weighted by atomic mass is 10.1. The largest absolute Gasteiger partial charge is 0.295 e. The van der Waals surface area contributed by atoms with Crippen molar-refractivity contribution in [2.24, 2.45) is 0 Å². The van der Waals surface area contributed by atoms with Gasteiger partial charge >= 0.3 is 0 Å². The quantitative estimate of drug-likeness (QED) is 0.543. The average Bonchev–Trinajstić information content (AvgIpc) is 3.14. The smallest absolute Gasteiger partial charge is 0.264 e. The van der Waals surface area contributed by atoms with Gasteiger partial charge in [-0.05, 0) is 66.1 Å². The number of anilines is 1. The van der Waals surface area contributed by atoms with E-state index in [0.29, 0.717) is 11.3 Å². The van der Waals surface area contributed by atoms with E-state index >= 15 is 0 Å². The number of halogens is 2. The molecule has 0 spiro atoms. The van der Waals surface area contributed by atoms with Crippen LogP contribution in [0.1, 0.15) is 32.4 Å². The lowest BCUT2D eigenvalue weighted by molar-refractivity contribution is -0.115. The fourth-order valence-electron chi connectivity index (χ4n) is 3.71. The summed E-state index contributed by atoms with van der Waals surface area (Å²) in [6.07, 6.45) is 0. The van der Waals surface area contributed by atoms with Crippen molar-refractivity contribution in [3.63, 3.8) is 0 Å². The molecule has 3 aromatic rings. The number of carbonyl (C=O) groups is 2. The van der Waals surface area contributed by atoms with Gasteiger partial charge in [0, 0.05) is 11.3 Å². The highest BCUT2D eigenvalue weighted by Crippen LogP contribution is 2.42. The van der Waals surface area contributed by atoms with Gasteiger partial charge in [0.05, 0.1) is 11.5 Å². The molecular weight excluding hydrogens is 482 g/mol. The number of benzene rings is 3. The molecule has 0 bridgehead atoms. The first-order chi connectivity index (χ1) is 16.1. The van der Waals surface area contributed by atoms with E-state index in [2.05, 4.69) is 0 Å². The number of carbonyl (C=O) groups excluding carboxylic acids is 2. The second-order valence-electron chi connectivity index (χ2n) is 7.80. The van der Waals surface area contributed by atoms with E-state index in [-0.39, 0.29) is 34.0 Å². The van der Waals surface area contributed by atoms with Gasteiger partial charge in [0.2, 0.25) is 15.9 Å². The second-order valence-corrected chi connectivity index (χ2v) is 10.6. The summed E-state index contributed by atoms with van der Waals surface area (Å²) in [5, 5.41) is -0.349. The van der Waals surface area contributed by atoms with Gasteiger partial charge in [-0.15, -0.1) is 11.8 Å². The Kier molecular flexibility index (Phi) is 6.72.